The molecule has 0 spiro atoms. The van der Waals surface area contributed by atoms with Gasteiger partial charge in [0.05, 0.1) is 0 Å². The Balaban J connectivity index is 2.37. The van der Waals surface area contributed by atoms with Crippen LogP contribution in [0.4, 0.5) is 0 Å². The Morgan fingerprint density at radius 1 is 1.06 bits per heavy atom. The highest BCUT2D eigenvalue weighted by Crippen LogP contribution is 2.33. The fraction of sp³-hybridized carbons (Fsp3) is 0.294. The summed E-state index contributed by atoms with van der Waals surface area (Å²) in [4.78, 5) is 0. The maximum atomic E-state index is 8.12. The molecule has 0 saturated heterocycles. The van der Waals surface area contributed by atoms with Gasteiger partial charge in [-0.2, -0.15) is 0 Å². The average Bonchev–Trinajstić information content (AvgIpc) is 2.71. The Morgan fingerprint density at radius 2 is 1.78 bits per heavy atom. The van der Waals surface area contributed by atoms with Gasteiger partial charge in [0.25, 0.3) is 0 Å². The molecular formula is C17H18O. The normalized spacial score (nSPS) is 13.2. The molecule has 0 aliphatic heterocycles. The van der Waals surface area contributed by atoms with Gasteiger partial charge in [-0.3, -0.25) is 0 Å². The quantitative estimate of drug-likeness (QED) is 0.559. The molecule has 92 valence electrons. The molecule has 1 aromatic heterocycles. The van der Waals surface area contributed by atoms with E-state index in [9.17, 15) is 0 Å². The van der Waals surface area contributed by atoms with Crippen LogP contribution in [0.2, 0.25) is 0 Å². The molecule has 0 atom stereocenters. The Hall–Kier alpha value is -1.76. The van der Waals surface area contributed by atoms with E-state index in [0.717, 1.165) is 27.5 Å². The minimum Gasteiger partial charge on any atom is -0.456 e. The van der Waals surface area contributed by atoms with Gasteiger partial charge < -0.3 is 4.42 Å². The lowest BCUT2D eigenvalue weighted by atomic mass is 10.0. The Morgan fingerprint density at radius 3 is 2.50 bits per heavy atom. The third kappa shape index (κ3) is 1.54. The average molecular weight is 239 g/mol. The van der Waals surface area contributed by atoms with Crippen molar-refractivity contribution in [3.05, 3.63) is 47.0 Å². The molecular weight excluding hydrogens is 220 g/mol. The van der Waals surface area contributed by atoms with E-state index in [1.54, 1.807) is 0 Å². The monoisotopic (exact) mass is 239 g/mol. The zero-order chi connectivity index (χ0) is 13.8. The van der Waals surface area contributed by atoms with E-state index in [1.165, 1.54) is 11.1 Å². The van der Waals surface area contributed by atoms with Crippen LogP contribution >= 0.6 is 0 Å². The first-order valence-corrected chi connectivity index (χ1v) is 6.31. The van der Waals surface area contributed by atoms with Crippen LogP contribution in [0.5, 0.6) is 0 Å². The lowest BCUT2D eigenvalue weighted by Gasteiger charge is -2.03. The van der Waals surface area contributed by atoms with E-state index < -0.39 is 5.89 Å². The van der Waals surface area contributed by atoms with Crippen LogP contribution in [0.3, 0.4) is 0 Å². The standard InChI is InChI=1S/C17H18O/c1-10(2)13-6-8-14-15-7-5-11(3)12(4)17(15)18-16(14)9-13/h5-10H,1-4H3/i10D. The molecule has 0 fully saturated rings. The van der Waals surface area contributed by atoms with Crippen LogP contribution in [0.1, 0.15) is 37.8 Å². The van der Waals surface area contributed by atoms with Gasteiger partial charge in [-0.1, -0.05) is 38.1 Å². The van der Waals surface area contributed by atoms with Gasteiger partial charge in [0.15, 0.2) is 0 Å². The van der Waals surface area contributed by atoms with Crippen LogP contribution in [-0.4, -0.2) is 0 Å². The van der Waals surface area contributed by atoms with E-state index in [4.69, 9.17) is 5.79 Å². The van der Waals surface area contributed by atoms with Crippen molar-refractivity contribution in [2.75, 3.05) is 0 Å². The molecule has 1 nitrogen and oxygen atoms in total. The van der Waals surface area contributed by atoms with E-state index in [1.807, 2.05) is 26.0 Å². The van der Waals surface area contributed by atoms with Gasteiger partial charge in [-0.05, 0) is 42.5 Å². The number of benzene rings is 2. The maximum absolute atomic E-state index is 8.12. The summed E-state index contributed by atoms with van der Waals surface area (Å²) in [5.74, 6) is -0.599. The fourth-order valence-electron chi connectivity index (χ4n) is 2.38. The maximum Gasteiger partial charge on any atom is 0.138 e. The second kappa shape index (κ2) is 3.88. The van der Waals surface area contributed by atoms with E-state index in [-0.39, 0.29) is 0 Å². The summed E-state index contributed by atoms with van der Waals surface area (Å²) >= 11 is 0. The van der Waals surface area contributed by atoms with Crippen LogP contribution in [0, 0.1) is 13.8 Å². The highest BCUT2D eigenvalue weighted by molar-refractivity contribution is 6.06. The molecule has 3 rings (SSSR count). The molecule has 1 heterocycles. The van der Waals surface area contributed by atoms with E-state index in [0.29, 0.717) is 0 Å². The highest BCUT2D eigenvalue weighted by Gasteiger charge is 2.11. The summed E-state index contributed by atoms with van der Waals surface area (Å²) in [7, 11) is 0. The SMILES string of the molecule is [2H]C(C)(C)c1ccc2c(c1)oc1c(C)c(C)ccc12. The predicted octanol–water partition coefficient (Wildman–Crippen LogP) is 5.33. The molecule has 1 heteroatoms. The Labute approximate surface area is 109 Å². The summed E-state index contributed by atoms with van der Waals surface area (Å²) in [6.07, 6.45) is 0. The number of aryl methyl sites for hydroxylation is 2. The van der Waals surface area contributed by atoms with Gasteiger partial charge in [0.1, 0.15) is 11.2 Å². The van der Waals surface area contributed by atoms with Crippen molar-refractivity contribution in [2.24, 2.45) is 0 Å². The summed E-state index contributed by atoms with van der Waals surface area (Å²) < 4.78 is 14.1. The largest absolute Gasteiger partial charge is 0.456 e. The summed E-state index contributed by atoms with van der Waals surface area (Å²) in [5.41, 5.74) is 5.26. The van der Waals surface area contributed by atoms with E-state index >= 15 is 0 Å². The molecule has 0 aliphatic carbocycles. The molecule has 0 aliphatic rings. The Kier molecular flexibility index (Phi) is 2.19. The molecule has 0 saturated carbocycles. The first-order valence-electron chi connectivity index (χ1n) is 6.81. The first kappa shape index (κ1) is 10.2. The Bertz CT molecular complexity index is 775. The van der Waals surface area contributed by atoms with Gasteiger partial charge in [-0.25, -0.2) is 0 Å². The number of hydrogen-bond donors (Lipinski definition) is 0. The van der Waals surface area contributed by atoms with Crippen molar-refractivity contribution < 1.29 is 5.79 Å². The van der Waals surface area contributed by atoms with Gasteiger partial charge in [0.2, 0.25) is 0 Å². The van der Waals surface area contributed by atoms with E-state index in [2.05, 4.69) is 32.0 Å². The lowest BCUT2D eigenvalue weighted by Crippen LogP contribution is -1.85. The molecule has 2 aromatic carbocycles. The topological polar surface area (TPSA) is 13.1 Å². The van der Waals surface area contributed by atoms with Crippen molar-refractivity contribution in [3.8, 4) is 0 Å². The van der Waals surface area contributed by atoms with Crippen LogP contribution < -0.4 is 0 Å². The van der Waals surface area contributed by atoms with Crippen molar-refractivity contribution in [1.82, 2.24) is 0 Å². The van der Waals surface area contributed by atoms with Crippen LogP contribution in [0.15, 0.2) is 34.7 Å². The number of hydrogen-bond acceptors (Lipinski definition) is 1. The van der Waals surface area contributed by atoms with Crippen molar-refractivity contribution in [3.63, 3.8) is 0 Å². The molecule has 0 amide bonds. The first-order chi connectivity index (χ1) is 8.88. The fourth-order valence-corrected chi connectivity index (χ4v) is 2.38. The minimum absolute atomic E-state index is 0.599. The predicted molar refractivity (Wildman–Crippen MR) is 77.3 cm³/mol. The summed E-state index contributed by atoms with van der Waals surface area (Å²) in [6.45, 7) is 7.98. The van der Waals surface area contributed by atoms with Gasteiger partial charge in [0, 0.05) is 12.1 Å². The van der Waals surface area contributed by atoms with Crippen LogP contribution in [0.25, 0.3) is 21.9 Å². The summed E-state index contributed by atoms with van der Waals surface area (Å²) in [5, 5.41) is 2.29. The third-order valence-corrected chi connectivity index (χ3v) is 3.74. The lowest BCUT2D eigenvalue weighted by molar-refractivity contribution is 0.663. The van der Waals surface area contributed by atoms with Crippen molar-refractivity contribution in [1.29, 1.82) is 0 Å². The number of fused-ring (bicyclic) bond motifs is 3. The molecule has 18 heavy (non-hydrogen) atoms. The van der Waals surface area contributed by atoms with Crippen molar-refractivity contribution >= 4 is 21.9 Å². The van der Waals surface area contributed by atoms with Crippen molar-refractivity contribution in [2.45, 2.75) is 33.6 Å². The smallest absolute Gasteiger partial charge is 0.138 e. The second-order valence-electron chi connectivity index (χ2n) is 5.20. The number of rotatable bonds is 1. The molecule has 0 bridgehead atoms. The van der Waals surface area contributed by atoms with Gasteiger partial charge >= 0.3 is 0 Å². The van der Waals surface area contributed by atoms with Gasteiger partial charge in [-0.15, -0.1) is 0 Å². The zero-order valence-electron chi connectivity index (χ0n) is 12.3. The second-order valence-corrected chi connectivity index (χ2v) is 5.20. The highest BCUT2D eigenvalue weighted by atomic mass is 16.3. The number of furan rings is 1. The zero-order valence-corrected chi connectivity index (χ0v) is 11.3. The minimum atomic E-state index is -0.599. The molecule has 0 unspecified atom stereocenters. The molecule has 0 radical (unpaired) electrons. The third-order valence-electron chi connectivity index (χ3n) is 3.74. The summed E-state index contributed by atoms with van der Waals surface area (Å²) in [6, 6.07) is 10.3. The molecule has 0 N–H and O–H groups in total. The molecule has 3 aromatic rings. The van der Waals surface area contributed by atoms with Crippen LogP contribution in [-0.2, 0) is 0 Å².